The van der Waals surface area contributed by atoms with Gasteiger partial charge in [0.1, 0.15) is 0 Å². The Hall–Kier alpha value is -1.65. The maximum absolute atomic E-state index is 12.1. The molecule has 1 saturated heterocycles. The van der Waals surface area contributed by atoms with Crippen LogP contribution in [0.4, 0.5) is 0 Å². The number of benzene rings is 1. The molecule has 0 spiro atoms. The molecule has 3 rings (SSSR count). The number of pyridine rings is 1. The zero-order valence-corrected chi connectivity index (χ0v) is 12.7. The third-order valence-corrected chi connectivity index (χ3v) is 4.49. The van der Waals surface area contributed by atoms with Gasteiger partial charge in [-0.3, -0.25) is 4.79 Å². The Morgan fingerprint density at radius 3 is 3.00 bits per heavy atom. The van der Waals surface area contributed by atoms with Gasteiger partial charge in [0.05, 0.1) is 0 Å². The molecule has 2 unspecified atom stereocenters. The molecule has 1 aliphatic rings. The second-order valence-corrected chi connectivity index (χ2v) is 6.23. The highest BCUT2D eigenvalue weighted by molar-refractivity contribution is 5.78. The van der Waals surface area contributed by atoms with Gasteiger partial charge in [-0.25, -0.2) is 0 Å². The summed E-state index contributed by atoms with van der Waals surface area (Å²) in [4.78, 5) is 17.5. The number of nitrogens with one attached hydrogen (secondary N) is 2. The third-order valence-electron chi connectivity index (χ3n) is 4.49. The molecular weight excluding hydrogens is 262 g/mol. The quantitative estimate of drug-likeness (QED) is 0.906. The van der Waals surface area contributed by atoms with E-state index >= 15 is 0 Å². The molecule has 1 aliphatic heterocycles. The summed E-state index contributed by atoms with van der Waals surface area (Å²) < 4.78 is 0. The fourth-order valence-electron chi connectivity index (χ4n) is 3.22. The molecule has 0 bridgehead atoms. The number of fused-ring (bicyclic) bond motifs is 1. The zero-order valence-electron chi connectivity index (χ0n) is 12.7. The van der Waals surface area contributed by atoms with Crippen molar-refractivity contribution in [2.75, 3.05) is 20.1 Å². The van der Waals surface area contributed by atoms with Gasteiger partial charge in [-0.05, 0) is 43.5 Å². The van der Waals surface area contributed by atoms with Crippen LogP contribution in [0.2, 0.25) is 0 Å². The van der Waals surface area contributed by atoms with Crippen LogP contribution in [0.3, 0.4) is 0 Å². The van der Waals surface area contributed by atoms with Gasteiger partial charge in [-0.15, -0.1) is 0 Å². The summed E-state index contributed by atoms with van der Waals surface area (Å²) in [5.74, 6) is 0.614. The average Bonchev–Trinajstić information content (AvgIpc) is 2.46. The number of likely N-dealkylation sites (tertiary alicyclic amines) is 1. The minimum absolute atomic E-state index is 0.0155. The molecule has 2 heterocycles. The van der Waals surface area contributed by atoms with Gasteiger partial charge in [0.25, 0.3) is 5.56 Å². The van der Waals surface area contributed by atoms with Crippen molar-refractivity contribution in [1.29, 1.82) is 0 Å². The molecule has 2 aromatic rings. The predicted octanol–water partition coefficient (Wildman–Crippen LogP) is 1.96. The van der Waals surface area contributed by atoms with Crippen LogP contribution in [0.15, 0.2) is 35.1 Å². The third kappa shape index (κ3) is 3.17. The average molecular weight is 285 g/mol. The summed E-state index contributed by atoms with van der Waals surface area (Å²) in [7, 11) is 2.17. The lowest BCUT2D eigenvalue weighted by atomic mass is 9.94. The molecule has 112 valence electrons. The molecule has 2 N–H and O–H groups in total. The normalized spacial score (nSPS) is 23.5. The predicted molar refractivity (Wildman–Crippen MR) is 86.5 cm³/mol. The largest absolute Gasteiger partial charge is 0.322 e. The van der Waals surface area contributed by atoms with E-state index in [1.165, 1.54) is 0 Å². The Balaban J connectivity index is 1.73. The van der Waals surface area contributed by atoms with E-state index in [1.54, 1.807) is 0 Å². The fourth-order valence-corrected chi connectivity index (χ4v) is 3.22. The van der Waals surface area contributed by atoms with Crippen molar-refractivity contribution in [2.24, 2.45) is 5.92 Å². The molecule has 1 fully saturated rings. The number of H-pyrrole nitrogens is 1. The van der Waals surface area contributed by atoms with Crippen LogP contribution in [-0.4, -0.2) is 36.1 Å². The van der Waals surface area contributed by atoms with E-state index in [1.807, 2.05) is 30.3 Å². The molecule has 1 aromatic heterocycles. The topological polar surface area (TPSA) is 48.1 Å². The molecule has 4 heteroatoms. The van der Waals surface area contributed by atoms with Crippen molar-refractivity contribution in [3.05, 3.63) is 46.2 Å². The van der Waals surface area contributed by atoms with Crippen LogP contribution in [-0.2, 0) is 6.54 Å². The first-order valence-corrected chi connectivity index (χ1v) is 7.66. The van der Waals surface area contributed by atoms with Gasteiger partial charge in [0, 0.05) is 30.2 Å². The maximum Gasteiger partial charge on any atom is 0.252 e. The van der Waals surface area contributed by atoms with Crippen molar-refractivity contribution in [3.63, 3.8) is 0 Å². The molecule has 0 radical (unpaired) electrons. The Kier molecular flexibility index (Phi) is 4.08. The number of hydrogen-bond acceptors (Lipinski definition) is 3. The maximum atomic E-state index is 12.1. The molecule has 4 nitrogen and oxygen atoms in total. The molecule has 1 aromatic carbocycles. The van der Waals surface area contributed by atoms with Crippen LogP contribution in [0, 0.1) is 5.92 Å². The standard InChI is InChI=1S/C17H23N3O/c1-12-11-20(2)8-7-15(12)18-10-14-9-13-5-3-4-6-16(13)19-17(14)21/h3-6,9,12,15,18H,7-8,10-11H2,1-2H3,(H,19,21). The molecular formula is C17H23N3O. The molecule has 0 saturated carbocycles. The number of para-hydroxylation sites is 1. The Labute approximate surface area is 125 Å². The van der Waals surface area contributed by atoms with Crippen molar-refractivity contribution in [3.8, 4) is 0 Å². The minimum Gasteiger partial charge on any atom is -0.322 e. The van der Waals surface area contributed by atoms with Gasteiger partial charge >= 0.3 is 0 Å². The summed E-state index contributed by atoms with van der Waals surface area (Å²) in [5.41, 5.74) is 1.74. The number of hydrogen-bond donors (Lipinski definition) is 2. The highest BCUT2D eigenvalue weighted by Gasteiger charge is 2.23. The van der Waals surface area contributed by atoms with Gasteiger partial charge in [-0.1, -0.05) is 25.1 Å². The van der Waals surface area contributed by atoms with Crippen LogP contribution >= 0.6 is 0 Å². The van der Waals surface area contributed by atoms with E-state index in [0.29, 0.717) is 18.5 Å². The van der Waals surface area contributed by atoms with Gasteiger partial charge < -0.3 is 15.2 Å². The fraction of sp³-hybridized carbons (Fsp3) is 0.471. The van der Waals surface area contributed by atoms with Gasteiger partial charge in [0.2, 0.25) is 0 Å². The zero-order chi connectivity index (χ0) is 14.8. The van der Waals surface area contributed by atoms with E-state index in [0.717, 1.165) is 36.0 Å². The number of rotatable bonds is 3. The first kappa shape index (κ1) is 14.3. The second-order valence-electron chi connectivity index (χ2n) is 6.23. The lowest BCUT2D eigenvalue weighted by Gasteiger charge is -2.35. The van der Waals surface area contributed by atoms with E-state index in [9.17, 15) is 4.79 Å². The Morgan fingerprint density at radius 1 is 1.38 bits per heavy atom. The van der Waals surface area contributed by atoms with E-state index < -0.39 is 0 Å². The number of aromatic nitrogens is 1. The summed E-state index contributed by atoms with van der Waals surface area (Å²) >= 11 is 0. The van der Waals surface area contributed by atoms with Crippen LogP contribution in [0.25, 0.3) is 10.9 Å². The summed E-state index contributed by atoms with van der Waals surface area (Å²) in [6.45, 7) is 5.15. The van der Waals surface area contributed by atoms with Crippen LogP contribution in [0.5, 0.6) is 0 Å². The number of aromatic amines is 1. The van der Waals surface area contributed by atoms with Crippen LogP contribution < -0.4 is 10.9 Å². The number of nitrogens with zero attached hydrogens (tertiary/aromatic N) is 1. The monoisotopic (exact) mass is 285 g/mol. The molecule has 0 amide bonds. The Bertz CT molecular complexity index is 679. The van der Waals surface area contributed by atoms with Gasteiger partial charge in [-0.2, -0.15) is 0 Å². The second kappa shape index (κ2) is 6.00. The Morgan fingerprint density at radius 2 is 2.19 bits per heavy atom. The highest BCUT2D eigenvalue weighted by Crippen LogP contribution is 2.16. The smallest absolute Gasteiger partial charge is 0.252 e. The molecule has 0 aliphatic carbocycles. The van der Waals surface area contributed by atoms with Crippen molar-refractivity contribution in [1.82, 2.24) is 15.2 Å². The van der Waals surface area contributed by atoms with Crippen molar-refractivity contribution < 1.29 is 0 Å². The van der Waals surface area contributed by atoms with Crippen molar-refractivity contribution >= 4 is 10.9 Å². The summed E-state index contributed by atoms with van der Waals surface area (Å²) in [5, 5.41) is 4.66. The van der Waals surface area contributed by atoms with E-state index in [2.05, 4.69) is 29.2 Å². The van der Waals surface area contributed by atoms with Crippen molar-refractivity contribution in [2.45, 2.75) is 25.9 Å². The van der Waals surface area contributed by atoms with Gasteiger partial charge in [0.15, 0.2) is 0 Å². The molecule has 21 heavy (non-hydrogen) atoms. The lowest BCUT2D eigenvalue weighted by Crippen LogP contribution is -2.47. The van der Waals surface area contributed by atoms with Crippen LogP contribution in [0.1, 0.15) is 18.9 Å². The minimum atomic E-state index is 0.0155. The SMILES string of the molecule is CC1CN(C)CCC1NCc1cc2ccccc2[nH]c1=O. The first-order chi connectivity index (χ1) is 10.1. The summed E-state index contributed by atoms with van der Waals surface area (Å²) in [6, 6.07) is 10.4. The van der Waals surface area contributed by atoms with E-state index in [4.69, 9.17) is 0 Å². The lowest BCUT2D eigenvalue weighted by molar-refractivity contribution is 0.174. The first-order valence-electron chi connectivity index (χ1n) is 7.66. The molecule has 2 atom stereocenters. The summed E-state index contributed by atoms with van der Waals surface area (Å²) in [6.07, 6.45) is 1.14. The number of piperidine rings is 1. The highest BCUT2D eigenvalue weighted by atomic mass is 16.1. The van der Waals surface area contributed by atoms with E-state index in [-0.39, 0.29) is 5.56 Å².